The SMILES string of the molecule is CC(C)c1cc(C(=O)NCCc2c[nH]c3ccc(F)cc23)n(-c2ccccc2)n1. The number of H-pyrrole nitrogens is 1. The number of hydrogen-bond acceptors (Lipinski definition) is 2. The van der Waals surface area contributed by atoms with Crippen molar-refractivity contribution in [3.05, 3.63) is 83.6 Å². The van der Waals surface area contributed by atoms with Crippen LogP contribution in [0.1, 0.15) is 41.5 Å². The van der Waals surface area contributed by atoms with E-state index in [4.69, 9.17) is 0 Å². The van der Waals surface area contributed by atoms with Gasteiger partial charge in [0.25, 0.3) is 5.91 Å². The number of hydrogen-bond donors (Lipinski definition) is 2. The Hall–Kier alpha value is -3.41. The number of rotatable bonds is 6. The zero-order valence-corrected chi connectivity index (χ0v) is 16.4. The number of nitrogens with zero attached hydrogens (tertiary/aromatic N) is 2. The van der Waals surface area contributed by atoms with Gasteiger partial charge in [-0.1, -0.05) is 32.0 Å². The van der Waals surface area contributed by atoms with Crippen molar-refractivity contribution < 1.29 is 9.18 Å². The maximum Gasteiger partial charge on any atom is 0.270 e. The summed E-state index contributed by atoms with van der Waals surface area (Å²) < 4.78 is 15.2. The molecule has 0 unspecified atom stereocenters. The predicted molar refractivity (Wildman–Crippen MR) is 112 cm³/mol. The molecule has 29 heavy (non-hydrogen) atoms. The minimum Gasteiger partial charge on any atom is -0.361 e. The number of carbonyl (C=O) groups is 1. The Kier molecular flexibility index (Phi) is 5.16. The average molecular weight is 390 g/mol. The van der Waals surface area contributed by atoms with Crippen LogP contribution in [-0.2, 0) is 6.42 Å². The molecular formula is C23H23FN4O. The summed E-state index contributed by atoms with van der Waals surface area (Å²) in [6, 6.07) is 16.1. The molecule has 5 nitrogen and oxygen atoms in total. The standard InChI is InChI=1S/C23H23FN4O/c1-15(2)21-13-22(28(27-21)18-6-4-3-5-7-18)23(29)25-11-10-16-14-26-20-9-8-17(24)12-19(16)20/h3-9,12-15,26H,10-11H2,1-2H3,(H,25,29). The van der Waals surface area contributed by atoms with Crippen LogP contribution in [0.2, 0.25) is 0 Å². The van der Waals surface area contributed by atoms with Gasteiger partial charge < -0.3 is 10.3 Å². The van der Waals surface area contributed by atoms with E-state index in [2.05, 4.69) is 29.2 Å². The van der Waals surface area contributed by atoms with Gasteiger partial charge in [0.2, 0.25) is 0 Å². The van der Waals surface area contributed by atoms with Gasteiger partial charge in [-0.2, -0.15) is 5.10 Å². The molecule has 0 fully saturated rings. The lowest BCUT2D eigenvalue weighted by Crippen LogP contribution is -2.27. The second-order valence-electron chi connectivity index (χ2n) is 7.37. The first-order chi connectivity index (χ1) is 14.0. The zero-order chi connectivity index (χ0) is 20.4. The molecule has 2 aromatic carbocycles. The van der Waals surface area contributed by atoms with Crippen molar-refractivity contribution in [2.24, 2.45) is 0 Å². The molecule has 4 rings (SSSR count). The van der Waals surface area contributed by atoms with Gasteiger partial charge in [0.1, 0.15) is 11.5 Å². The summed E-state index contributed by atoms with van der Waals surface area (Å²) in [4.78, 5) is 16.0. The van der Waals surface area contributed by atoms with E-state index in [9.17, 15) is 9.18 Å². The van der Waals surface area contributed by atoms with Crippen LogP contribution in [0.4, 0.5) is 4.39 Å². The van der Waals surface area contributed by atoms with Crippen LogP contribution >= 0.6 is 0 Å². The van der Waals surface area contributed by atoms with Crippen LogP contribution in [0.5, 0.6) is 0 Å². The van der Waals surface area contributed by atoms with Crippen molar-refractivity contribution >= 4 is 16.8 Å². The second kappa shape index (κ2) is 7.91. The molecule has 0 bridgehead atoms. The average Bonchev–Trinajstić information content (AvgIpc) is 3.33. The molecule has 1 amide bonds. The molecule has 2 heterocycles. The lowest BCUT2D eigenvalue weighted by Gasteiger charge is -2.08. The van der Waals surface area contributed by atoms with Gasteiger partial charge in [-0.15, -0.1) is 0 Å². The molecule has 0 aliphatic carbocycles. The highest BCUT2D eigenvalue weighted by atomic mass is 19.1. The van der Waals surface area contributed by atoms with Crippen molar-refractivity contribution in [1.29, 1.82) is 0 Å². The summed E-state index contributed by atoms with van der Waals surface area (Å²) >= 11 is 0. The third-order valence-corrected chi connectivity index (χ3v) is 4.96. The zero-order valence-electron chi connectivity index (χ0n) is 16.4. The summed E-state index contributed by atoms with van der Waals surface area (Å²) in [6.45, 7) is 4.55. The largest absolute Gasteiger partial charge is 0.361 e. The van der Waals surface area contributed by atoms with Crippen LogP contribution in [-0.4, -0.2) is 27.2 Å². The van der Waals surface area contributed by atoms with Crippen LogP contribution < -0.4 is 5.32 Å². The van der Waals surface area contributed by atoms with E-state index in [1.54, 1.807) is 10.7 Å². The third-order valence-electron chi connectivity index (χ3n) is 4.96. The van der Waals surface area contributed by atoms with Gasteiger partial charge in [-0.05, 0) is 54.3 Å². The number of fused-ring (bicyclic) bond motifs is 1. The molecule has 0 saturated heterocycles. The molecule has 6 heteroatoms. The molecule has 0 aliphatic rings. The van der Waals surface area contributed by atoms with Gasteiger partial charge in [0.05, 0.1) is 11.4 Å². The van der Waals surface area contributed by atoms with Crippen molar-refractivity contribution in [2.45, 2.75) is 26.2 Å². The Bertz CT molecular complexity index is 1140. The van der Waals surface area contributed by atoms with E-state index in [-0.39, 0.29) is 17.6 Å². The fraction of sp³-hybridized carbons (Fsp3) is 0.217. The van der Waals surface area contributed by atoms with Crippen molar-refractivity contribution in [3.8, 4) is 5.69 Å². The Labute approximate surface area is 168 Å². The van der Waals surface area contributed by atoms with E-state index >= 15 is 0 Å². The molecule has 4 aromatic rings. The van der Waals surface area contributed by atoms with E-state index in [0.717, 1.165) is 27.8 Å². The number of carbonyl (C=O) groups excluding carboxylic acids is 1. The molecule has 0 saturated carbocycles. The summed E-state index contributed by atoms with van der Waals surface area (Å²) in [5.74, 6) is -0.234. The van der Waals surface area contributed by atoms with Crippen LogP contribution in [0.15, 0.2) is 60.8 Å². The second-order valence-corrected chi connectivity index (χ2v) is 7.37. The van der Waals surface area contributed by atoms with Crippen molar-refractivity contribution in [1.82, 2.24) is 20.1 Å². The number of amides is 1. The molecule has 0 aliphatic heterocycles. The Morgan fingerprint density at radius 2 is 1.97 bits per heavy atom. The third kappa shape index (κ3) is 3.92. The lowest BCUT2D eigenvalue weighted by molar-refractivity contribution is 0.0946. The molecule has 2 aromatic heterocycles. The van der Waals surface area contributed by atoms with E-state index in [0.29, 0.717) is 18.7 Å². The van der Waals surface area contributed by atoms with Crippen LogP contribution in [0.3, 0.4) is 0 Å². The number of aromatic amines is 1. The highest BCUT2D eigenvalue weighted by Crippen LogP contribution is 2.20. The quantitative estimate of drug-likeness (QED) is 0.506. The van der Waals surface area contributed by atoms with Gasteiger partial charge in [0.15, 0.2) is 0 Å². The topological polar surface area (TPSA) is 62.7 Å². The first-order valence-electron chi connectivity index (χ1n) is 9.72. The Morgan fingerprint density at radius 1 is 1.17 bits per heavy atom. The van der Waals surface area contributed by atoms with Crippen molar-refractivity contribution in [3.63, 3.8) is 0 Å². The van der Waals surface area contributed by atoms with Crippen LogP contribution in [0, 0.1) is 5.82 Å². The number of benzene rings is 2. The fourth-order valence-electron chi connectivity index (χ4n) is 3.37. The van der Waals surface area contributed by atoms with E-state index < -0.39 is 0 Å². The molecule has 0 spiro atoms. The highest BCUT2D eigenvalue weighted by molar-refractivity contribution is 5.93. The normalized spacial score (nSPS) is 11.3. The maximum atomic E-state index is 13.5. The maximum absolute atomic E-state index is 13.5. The van der Waals surface area contributed by atoms with Gasteiger partial charge in [-0.25, -0.2) is 9.07 Å². The van der Waals surface area contributed by atoms with Gasteiger partial charge >= 0.3 is 0 Å². The first kappa shape index (κ1) is 18.9. The van der Waals surface area contributed by atoms with Crippen LogP contribution in [0.25, 0.3) is 16.6 Å². The van der Waals surface area contributed by atoms with Crippen molar-refractivity contribution in [2.75, 3.05) is 6.54 Å². The minimum atomic E-state index is -0.268. The number of para-hydroxylation sites is 1. The minimum absolute atomic E-state index is 0.181. The van der Waals surface area contributed by atoms with E-state index in [1.165, 1.54) is 12.1 Å². The molecule has 2 N–H and O–H groups in total. The Balaban J connectivity index is 1.51. The van der Waals surface area contributed by atoms with Gasteiger partial charge in [0, 0.05) is 23.6 Å². The first-order valence-corrected chi connectivity index (χ1v) is 9.72. The molecule has 0 atom stereocenters. The number of nitrogens with one attached hydrogen (secondary N) is 2. The lowest BCUT2D eigenvalue weighted by atomic mass is 10.1. The van der Waals surface area contributed by atoms with E-state index in [1.807, 2.05) is 42.6 Å². The summed E-state index contributed by atoms with van der Waals surface area (Å²) in [6.07, 6.45) is 2.47. The smallest absolute Gasteiger partial charge is 0.270 e. The number of aromatic nitrogens is 3. The van der Waals surface area contributed by atoms with Gasteiger partial charge in [-0.3, -0.25) is 4.79 Å². The molecule has 148 valence electrons. The number of halogens is 1. The molecular weight excluding hydrogens is 367 g/mol. The predicted octanol–water partition coefficient (Wildman–Crippen LogP) is 4.59. The fourth-order valence-corrected chi connectivity index (χ4v) is 3.37. The monoisotopic (exact) mass is 390 g/mol. The Morgan fingerprint density at radius 3 is 2.72 bits per heavy atom. The summed E-state index contributed by atoms with van der Waals surface area (Å²) in [7, 11) is 0. The summed E-state index contributed by atoms with van der Waals surface area (Å²) in [5.41, 5.74) is 4.07. The highest BCUT2D eigenvalue weighted by Gasteiger charge is 2.18. The summed E-state index contributed by atoms with van der Waals surface area (Å²) in [5, 5.41) is 8.43. The molecule has 0 radical (unpaired) electrons.